The van der Waals surface area contributed by atoms with E-state index in [9.17, 15) is 9.59 Å². The van der Waals surface area contributed by atoms with Crippen molar-refractivity contribution < 1.29 is 24.2 Å². The number of hydrogen-bond acceptors (Lipinski definition) is 5. The standard InChI is InChI=1S/C11H12N2O5/c1-3-4-18-11(16)13-8-6-12-9(17-2)5-7(8)10(14)15/h3,5-6H,1,4H2,2H3,(H,13,16)(H,14,15). The summed E-state index contributed by atoms with van der Waals surface area (Å²) >= 11 is 0. The van der Waals surface area contributed by atoms with Crippen molar-refractivity contribution in [2.75, 3.05) is 19.0 Å². The lowest BCUT2D eigenvalue weighted by molar-refractivity contribution is 0.0697. The van der Waals surface area contributed by atoms with Gasteiger partial charge in [0.05, 0.1) is 24.6 Å². The first kappa shape index (κ1) is 13.5. The molecule has 1 rings (SSSR count). The number of aromatic carboxylic acids is 1. The van der Waals surface area contributed by atoms with E-state index in [0.29, 0.717) is 0 Å². The Bertz CT molecular complexity index is 473. The zero-order valence-electron chi connectivity index (χ0n) is 9.67. The van der Waals surface area contributed by atoms with Gasteiger partial charge in [0.2, 0.25) is 5.88 Å². The molecule has 1 aromatic heterocycles. The molecule has 0 aromatic carbocycles. The Kier molecular flexibility index (Phi) is 4.67. The van der Waals surface area contributed by atoms with E-state index in [1.54, 1.807) is 0 Å². The SMILES string of the molecule is C=CCOC(=O)Nc1cnc(OC)cc1C(=O)O. The van der Waals surface area contributed by atoms with Crippen LogP contribution in [0.3, 0.4) is 0 Å². The summed E-state index contributed by atoms with van der Waals surface area (Å²) in [5, 5.41) is 11.3. The molecule has 1 heterocycles. The highest BCUT2D eigenvalue weighted by atomic mass is 16.5. The summed E-state index contributed by atoms with van der Waals surface area (Å²) in [7, 11) is 1.36. The van der Waals surface area contributed by atoms with Crippen molar-refractivity contribution in [3.8, 4) is 5.88 Å². The summed E-state index contributed by atoms with van der Waals surface area (Å²) in [4.78, 5) is 26.1. The Morgan fingerprint density at radius 3 is 2.89 bits per heavy atom. The van der Waals surface area contributed by atoms with Crippen LogP contribution in [0.25, 0.3) is 0 Å². The maximum atomic E-state index is 11.3. The van der Waals surface area contributed by atoms with Crippen LogP contribution in [-0.4, -0.2) is 35.9 Å². The number of pyridine rings is 1. The summed E-state index contributed by atoms with van der Waals surface area (Å²) in [6.07, 6.45) is 1.78. The molecular formula is C11H12N2O5. The average molecular weight is 252 g/mol. The smallest absolute Gasteiger partial charge is 0.412 e. The molecule has 0 spiro atoms. The number of rotatable bonds is 5. The molecule has 0 radical (unpaired) electrons. The van der Waals surface area contributed by atoms with Gasteiger partial charge < -0.3 is 14.6 Å². The lowest BCUT2D eigenvalue weighted by Gasteiger charge is -2.08. The molecule has 0 aliphatic heterocycles. The second-order valence-electron chi connectivity index (χ2n) is 3.09. The minimum atomic E-state index is -1.21. The van der Waals surface area contributed by atoms with Crippen LogP contribution in [-0.2, 0) is 4.74 Å². The zero-order valence-corrected chi connectivity index (χ0v) is 9.67. The van der Waals surface area contributed by atoms with Crippen LogP contribution in [0.4, 0.5) is 10.5 Å². The van der Waals surface area contributed by atoms with E-state index < -0.39 is 12.1 Å². The number of carbonyl (C=O) groups is 2. The minimum Gasteiger partial charge on any atom is -0.481 e. The third-order valence-corrected chi connectivity index (χ3v) is 1.89. The molecule has 7 nitrogen and oxygen atoms in total. The fourth-order valence-corrected chi connectivity index (χ4v) is 1.11. The van der Waals surface area contributed by atoms with E-state index in [1.165, 1.54) is 25.4 Å². The third-order valence-electron chi connectivity index (χ3n) is 1.89. The number of carbonyl (C=O) groups excluding carboxylic acids is 1. The Hall–Kier alpha value is -2.57. The van der Waals surface area contributed by atoms with Gasteiger partial charge in [-0.25, -0.2) is 14.6 Å². The Morgan fingerprint density at radius 1 is 1.61 bits per heavy atom. The fourth-order valence-electron chi connectivity index (χ4n) is 1.11. The summed E-state index contributed by atoms with van der Waals surface area (Å²) in [5.41, 5.74) is -0.116. The summed E-state index contributed by atoms with van der Waals surface area (Å²) in [6, 6.07) is 1.20. The monoisotopic (exact) mass is 252 g/mol. The average Bonchev–Trinajstić information content (AvgIpc) is 2.36. The van der Waals surface area contributed by atoms with Gasteiger partial charge >= 0.3 is 12.1 Å². The normalized spacial score (nSPS) is 9.39. The minimum absolute atomic E-state index is 0.0253. The topological polar surface area (TPSA) is 97.8 Å². The number of hydrogen-bond donors (Lipinski definition) is 2. The number of anilines is 1. The molecule has 2 N–H and O–H groups in total. The van der Waals surface area contributed by atoms with Crippen LogP contribution < -0.4 is 10.1 Å². The Balaban J connectivity index is 2.90. The molecule has 0 bridgehead atoms. The Labute approximate surface area is 103 Å². The van der Waals surface area contributed by atoms with Crippen molar-refractivity contribution in [3.05, 3.63) is 30.5 Å². The van der Waals surface area contributed by atoms with Crippen molar-refractivity contribution in [2.24, 2.45) is 0 Å². The van der Waals surface area contributed by atoms with Crippen LogP contribution in [0.1, 0.15) is 10.4 Å². The molecule has 0 unspecified atom stereocenters. The summed E-state index contributed by atoms with van der Waals surface area (Å²) in [5.74, 6) is -1.08. The van der Waals surface area contributed by atoms with E-state index in [4.69, 9.17) is 9.84 Å². The van der Waals surface area contributed by atoms with Gasteiger partial charge in [0, 0.05) is 6.07 Å². The van der Waals surface area contributed by atoms with Crippen LogP contribution in [0, 0.1) is 0 Å². The highest BCUT2D eigenvalue weighted by Gasteiger charge is 2.15. The summed E-state index contributed by atoms with van der Waals surface area (Å²) < 4.78 is 9.46. The molecule has 0 atom stereocenters. The van der Waals surface area contributed by atoms with E-state index in [2.05, 4.69) is 21.6 Å². The zero-order chi connectivity index (χ0) is 13.5. The number of aromatic nitrogens is 1. The van der Waals surface area contributed by atoms with Crippen molar-refractivity contribution in [2.45, 2.75) is 0 Å². The first-order valence-corrected chi connectivity index (χ1v) is 4.90. The number of carboxylic acids is 1. The number of ether oxygens (including phenoxy) is 2. The Morgan fingerprint density at radius 2 is 2.33 bits per heavy atom. The van der Waals surface area contributed by atoms with Gasteiger partial charge in [-0.3, -0.25) is 5.32 Å². The number of nitrogens with zero attached hydrogens (tertiary/aromatic N) is 1. The lowest BCUT2D eigenvalue weighted by Crippen LogP contribution is -2.16. The molecule has 0 saturated carbocycles. The van der Waals surface area contributed by atoms with Crippen molar-refractivity contribution in [1.29, 1.82) is 0 Å². The van der Waals surface area contributed by atoms with E-state index >= 15 is 0 Å². The second kappa shape index (κ2) is 6.24. The number of methoxy groups -OCH3 is 1. The molecule has 96 valence electrons. The molecule has 18 heavy (non-hydrogen) atoms. The van der Waals surface area contributed by atoms with Gasteiger partial charge in [0.1, 0.15) is 6.61 Å². The molecule has 7 heteroatoms. The van der Waals surface area contributed by atoms with Gasteiger partial charge in [-0.2, -0.15) is 0 Å². The fraction of sp³-hybridized carbons (Fsp3) is 0.182. The van der Waals surface area contributed by atoms with Gasteiger partial charge in [0.25, 0.3) is 0 Å². The first-order valence-electron chi connectivity index (χ1n) is 4.90. The van der Waals surface area contributed by atoms with Gasteiger partial charge in [-0.1, -0.05) is 12.7 Å². The van der Waals surface area contributed by atoms with E-state index in [1.807, 2.05) is 0 Å². The van der Waals surface area contributed by atoms with Crippen molar-refractivity contribution in [1.82, 2.24) is 4.98 Å². The second-order valence-corrected chi connectivity index (χ2v) is 3.09. The van der Waals surface area contributed by atoms with Gasteiger partial charge in [0.15, 0.2) is 0 Å². The summed E-state index contributed by atoms with van der Waals surface area (Å²) in [6.45, 7) is 3.41. The van der Waals surface area contributed by atoms with E-state index in [0.717, 1.165) is 0 Å². The molecule has 0 aliphatic carbocycles. The number of carboxylic acid groups (broad SMARTS) is 1. The van der Waals surface area contributed by atoms with Crippen molar-refractivity contribution >= 4 is 17.7 Å². The number of nitrogens with one attached hydrogen (secondary N) is 1. The lowest BCUT2D eigenvalue weighted by atomic mass is 10.2. The third kappa shape index (κ3) is 3.48. The van der Waals surface area contributed by atoms with E-state index in [-0.39, 0.29) is 23.7 Å². The maximum Gasteiger partial charge on any atom is 0.412 e. The largest absolute Gasteiger partial charge is 0.481 e. The first-order chi connectivity index (χ1) is 8.58. The predicted octanol–water partition coefficient (Wildman–Crippen LogP) is 1.52. The molecule has 1 amide bonds. The molecule has 0 fully saturated rings. The molecule has 0 saturated heterocycles. The highest BCUT2D eigenvalue weighted by Crippen LogP contribution is 2.19. The highest BCUT2D eigenvalue weighted by molar-refractivity contribution is 5.98. The van der Waals surface area contributed by atoms with Gasteiger partial charge in [-0.15, -0.1) is 0 Å². The van der Waals surface area contributed by atoms with Crippen LogP contribution in [0.5, 0.6) is 5.88 Å². The molecule has 1 aromatic rings. The predicted molar refractivity (Wildman–Crippen MR) is 62.9 cm³/mol. The van der Waals surface area contributed by atoms with Crippen LogP contribution >= 0.6 is 0 Å². The molecular weight excluding hydrogens is 240 g/mol. The van der Waals surface area contributed by atoms with Crippen LogP contribution in [0.15, 0.2) is 24.9 Å². The maximum absolute atomic E-state index is 11.3. The van der Waals surface area contributed by atoms with Gasteiger partial charge in [-0.05, 0) is 0 Å². The van der Waals surface area contributed by atoms with Crippen molar-refractivity contribution in [3.63, 3.8) is 0 Å². The van der Waals surface area contributed by atoms with Crippen LogP contribution in [0.2, 0.25) is 0 Å². The number of amides is 1. The molecule has 0 aliphatic rings. The quantitative estimate of drug-likeness (QED) is 0.771.